The van der Waals surface area contributed by atoms with Gasteiger partial charge in [0.25, 0.3) is 5.56 Å². The summed E-state index contributed by atoms with van der Waals surface area (Å²) in [6.07, 6.45) is 7.35. The molecule has 6 nitrogen and oxygen atoms in total. The number of Topliss-reactive ketones (excluding diaryl/α,β-unsaturated/α-hetero) is 1. The van der Waals surface area contributed by atoms with Crippen molar-refractivity contribution in [1.82, 2.24) is 19.7 Å². The number of benzene rings is 1. The summed E-state index contributed by atoms with van der Waals surface area (Å²) in [5.74, 6) is 0.701. The van der Waals surface area contributed by atoms with Crippen LogP contribution in [0.5, 0.6) is 0 Å². The lowest BCUT2D eigenvalue weighted by Crippen LogP contribution is -2.15. The average Bonchev–Trinajstić information content (AvgIpc) is 3.30. The normalized spacial score (nSPS) is 14.9. The molecule has 3 aromatic rings. The molecule has 0 atom stereocenters. The Kier molecular flexibility index (Phi) is 4.65. The molecule has 1 saturated carbocycles. The minimum atomic E-state index is -0.176. The van der Waals surface area contributed by atoms with Crippen molar-refractivity contribution in [1.29, 1.82) is 0 Å². The van der Waals surface area contributed by atoms with Gasteiger partial charge in [0.05, 0.1) is 12.2 Å². The summed E-state index contributed by atoms with van der Waals surface area (Å²) in [6, 6.07) is 10.0. The Labute approximate surface area is 151 Å². The third-order valence-corrected chi connectivity index (χ3v) is 5.07. The number of aryl methyl sites for hydroxylation is 1. The van der Waals surface area contributed by atoms with E-state index in [-0.39, 0.29) is 11.3 Å². The first kappa shape index (κ1) is 16.7. The number of hydrogen-bond donors (Lipinski definition) is 1. The lowest BCUT2D eigenvalue weighted by Gasteiger charge is -2.10. The van der Waals surface area contributed by atoms with Crippen molar-refractivity contribution < 1.29 is 4.79 Å². The molecule has 1 aliphatic carbocycles. The van der Waals surface area contributed by atoms with Crippen LogP contribution in [0.25, 0.3) is 11.0 Å². The van der Waals surface area contributed by atoms with E-state index < -0.39 is 0 Å². The van der Waals surface area contributed by atoms with E-state index in [9.17, 15) is 9.59 Å². The SMILES string of the molecule is O=C(CCc1nc2c(cnn2C2CCCC2)c(=O)[nH]1)Cc1ccccc1. The van der Waals surface area contributed by atoms with Crippen molar-refractivity contribution in [2.75, 3.05) is 0 Å². The molecule has 1 N–H and O–H groups in total. The third kappa shape index (κ3) is 3.45. The van der Waals surface area contributed by atoms with Crippen LogP contribution in [0, 0.1) is 0 Å². The van der Waals surface area contributed by atoms with Crippen molar-refractivity contribution in [3.63, 3.8) is 0 Å². The maximum absolute atomic E-state index is 12.3. The fourth-order valence-corrected chi connectivity index (χ4v) is 3.69. The second-order valence-electron chi connectivity index (χ2n) is 6.98. The number of aromatic nitrogens is 4. The van der Waals surface area contributed by atoms with E-state index >= 15 is 0 Å². The van der Waals surface area contributed by atoms with Crippen LogP contribution in [0.3, 0.4) is 0 Å². The van der Waals surface area contributed by atoms with E-state index in [1.165, 1.54) is 12.8 Å². The summed E-state index contributed by atoms with van der Waals surface area (Å²) in [7, 11) is 0. The Morgan fingerprint density at radius 2 is 1.96 bits per heavy atom. The highest BCUT2D eigenvalue weighted by molar-refractivity contribution is 5.81. The van der Waals surface area contributed by atoms with Crippen LogP contribution in [0.4, 0.5) is 0 Å². The van der Waals surface area contributed by atoms with Gasteiger partial charge in [-0.3, -0.25) is 9.59 Å². The van der Waals surface area contributed by atoms with E-state index in [1.54, 1.807) is 6.20 Å². The first-order valence-corrected chi connectivity index (χ1v) is 9.23. The Hall–Kier alpha value is -2.76. The molecule has 0 unspecified atom stereocenters. The van der Waals surface area contributed by atoms with Crippen molar-refractivity contribution in [2.45, 2.75) is 51.0 Å². The van der Waals surface area contributed by atoms with Gasteiger partial charge >= 0.3 is 0 Å². The van der Waals surface area contributed by atoms with Crippen molar-refractivity contribution >= 4 is 16.8 Å². The molecule has 2 aromatic heterocycles. The highest BCUT2D eigenvalue weighted by atomic mass is 16.1. The maximum atomic E-state index is 12.3. The van der Waals surface area contributed by atoms with E-state index in [0.29, 0.717) is 42.2 Å². The summed E-state index contributed by atoms with van der Waals surface area (Å²) >= 11 is 0. The van der Waals surface area contributed by atoms with Crippen LogP contribution in [0.2, 0.25) is 0 Å². The Balaban J connectivity index is 1.50. The summed E-state index contributed by atoms with van der Waals surface area (Å²) < 4.78 is 1.90. The number of H-pyrrole nitrogens is 1. The molecule has 0 aliphatic heterocycles. The highest BCUT2D eigenvalue weighted by Gasteiger charge is 2.21. The number of ketones is 1. The lowest BCUT2D eigenvalue weighted by atomic mass is 10.1. The van der Waals surface area contributed by atoms with Crippen molar-refractivity contribution in [2.24, 2.45) is 0 Å². The van der Waals surface area contributed by atoms with E-state index in [4.69, 9.17) is 0 Å². The predicted octanol–water partition coefficient (Wildman–Crippen LogP) is 2.98. The second kappa shape index (κ2) is 7.23. The lowest BCUT2D eigenvalue weighted by molar-refractivity contribution is -0.118. The Morgan fingerprint density at radius 1 is 1.19 bits per heavy atom. The van der Waals surface area contributed by atoms with Gasteiger partial charge in [-0.2, -0.15) is 5.10 Å². The number of carbonyl (C=O) groups excluding carboxylic acids is 1. The molecule has 2 heterocycles. The van der Waals surface area contributed by atoms with Crippen LogP contribution in [0.15, 0.2) is 41.3 Å². The monoisotopic (exact) mass is 350 g/mol. The van der Waals surface area contributed by atoms with Gasteiger partial charge in [0.2, 0.25) is 0 Å². The third-order valence-electron chi connectivity index (χ3n) is 5.07. The summed E-state index contributed by atoms with van der Waals surface area (Å²) in [4.78, 5) is 32.0. The molecule has 0 radical (unpaired) electrons. The zero-order valence-electron chi connectivity index (χ0n) is 14.6. The largest absolute Gasteiger partial charge is 0.310 e. The first-order valence-electron chi connectivity index (χ1n) is 9.23. The molecule has 1 aromatic carbocycles. The molecule has 0 amide bonds. The Bertz CT molecular complexity index is 968. The first-order chi connectivity index (χ1) is 12.7. The van der Waals surface area contributed by atoms with Crippen LogP contribution in [-0.2, 0) is 17.6 Å². The summed E-state index contributed by atoms with van der Waals surface area (Å²) in [5.41, 5.74) is 1.48. The van der Waals surface area contributed by atoms with Gasteiger partial charge < -0.3 is 4.98 Å². The molecule has 1 fully saturated rings. The molecular weight excluding hydrogens is 328 g/mol. The van der Waals surface area contributed by atoms with Gasteiger partial charge in [-0.15, -0.1) is 0 Å². The van der Waals surface area contributed by atoms with Gasteiger partial charge in [0.15, 0.2) is 5.65 Å². The number of fused-ring (bicyclic) bond motifs is 1. The molecule has 134 valence electrons. The molecular formula is C20H22N4O2. The van der Waals surface area contributed by atoms with Crippen molar-refractivity contribution in [3.05, 3.63) is 58.3 Å². The highest BCUT2D eigenvalue weighted by Crippen LogP contribution is 2.30. The number of nitrogens with zero attached hydrogens (tertiary/aromatic N) is 3. The topological polar surface area (TPSA) is 80.6 Å². The van der Waals surface area contributed by atoms with Gasteiger partial charge in [-0.25, -0.2) is 9.67 Å². The van der Waals surface area contributed by atoms with Gasteiger partial charge in [0, 0.05) is 19.3 Å². The number of hydrogen-bond acceptors (Lipinski definition) is 4. The molecule has 4 rings (SSSR count). The number of carbonyl (C=O) groups is 1. The summed E-state index contributed by atoms with van der Waals surface area (Å²) in [5, 5.41) is 4.92. The number of aromatic amines is 1. The Morgan fingerprint density at radius 3 is 2.73 bits per heavy atom. The van der Waals surface area contributed by atoms with Gasteiger partial charge in [0.1, 0.15) is 17.0 Å². The quantitative estimate of drug-likeness (QED) is 0.741. The minimum absolute atomic E-state index is 0.142. The maximum Gasteiger partial charge on any atom is 0.262 e. The summed E-state index contributed by atoms with van der Waals surface area (Å²) in [6.45, 7) is 0. The standard InChI is InChI=1S/C20H22N4O2/c25-16(12-14-6-2-1-3-7-14)10-11-18-22-19-17(20(26)23-18)13-21-24(19)15-8-4-5-9-15/h1-3,6-7,13,15H,4-5,8-12H2,(H,22,23,26). The average molecular weight is 350 g/mol. The predicted molar refractivity (Wildman–Crippen MR) is 99.1 cm³/mol. The number of rotatable bonds is 6. The van der Waals surface area contributed by atoms with Crippen LogP contribution >= 0.6 is 0 Å². The van der Waals surface area contributed by atoms with Crippen LogP contribution in [0.1, 0.15) is 49.5 Å². The molecule has 1 aliphatic rings. The second-order valence-corrected chi connectivity index (χ2v) is 6.98. The molecule has 26 heavy (non-hydrogen) atoms. The van der Waals surface area contributed by atoms with Gasteiger partial charge in [-0.1, -0.05) is 43.2 Å². The number of nitrogens with one attached hydrogen (secondary N) is 1. The molecule has 0 saturated heterocycles. The van der Waals surface area contributed by atoms with Gasteiger partial charge in [-0.05, 0) is 18.4 Å². The van der Waals surface area contributed by atoms with Crippen molar-refractivity contribution in [3.8, 4) is 0 Å². The van der Waals surface area contributed by atoms with E-state index in [0.717, 1.165) is 18.4 Å². The molecule has 6 heteroatoms. The fourth-order valence-electron chi connectivity index (χ4n) is 3.69. The van der Waals surface area contributed by atoms with Crippen LogP contribution in [-0.4, -0.2) is 25.5 Å². The smallest absolute Gasteiger partial charge is 0.262 e. The van der Waals surface area contributed by atoms with E-state index in [2.05, 4.69) is 15.1 Å². The van der Waals surface area contributed by atoms with E-state index in [1.807, 2.05) is 35.0 Å². The fraction of sp³-hybridized carbons (Fsp3) is 0.400. The zero-order valence-corrected chi connectivity index (χ0v) is 14.6. The molecule has 0 bridgehead atoms. The minimum Gasteiger partial charge on any atom is -0.310 e. The zero-order chi connectivity index (χ0) is 17.9. The van der Waals surface area contributed by atoms with Crippen LogP contribution < -0.4 is 5.56 Å². The molecule has 0 spiro atoms.